The fourth-order valence-electron chi connectivity index (χ4n) is 3.28. The number of carbonyl (C=O) groups excluding carboxylic acids is 1. The highest BCUT2D eigenvalue weighted by Gasteiger charge is 2.25. The third-order valence-corrected chi connectivity index (χ3v) is 4.93. The molecule has 4 rings (SSSR count). The number of hydrogen-bond acceptors (Lipinski definition) is 2. The second-order valence-corrected chi connectivity index (χ2v) is 6.69. The van der Waals surface area contributed by atoms with Crippen LogP contribution in [0.2, 0.25) is 5.02 Å². The smallest absolute Gasteiger partial charge is 0.272 e. The van der Waals surface area contributed by atoms with E-state index >= 15 is 0 Å². The number of carbonyl (C=O) groups is 1. The zero-order chi connectivity index (χ0) is 17.4. The topological polar surface area (TPSA) is 43.1 Å². The molecule has 5 nitrogen and oxygen atoms in total. The molecule has 1 fully saturated rings. The van der Waals surface area contributed by atoms with Crippen molar-refractivity contribution in [3.05, 3.63) is 59.4 Å². The molecule has 3 heterocycles. The highest BCUT2D eigenvalue weighted by atomic mass is 35.5. The lowest BCUT2D eigenvalue weighted by atomic mass is 10.2. The number of amides is 1. The van der Waals surface area contributed by atoms with E-state index in [2.05, 4.69) is 0 Å². The van der Waals surface area contributed by atoms with Gasteiger partial charge in [0.25, 0.3) is 5.91 Å². The van der Waals surface area contributed by atoms with Crippen LogP contribution in [0.15, 0.2) is 48.7 Å². The van der Waals surface area contributed by atoms with Gasteiger partial charge in [-0.15, -0.1) is 0 Å². The summed E-state index contributed by atoms with van der Waals surface area (Å²) in [5.41, 5.74) is 2.98. The summed E-state index contributed by atoms with van der Waals surface area (Å²) in [6.45, 7) is 1.60. The van der Waals surface area contributed by atoms with Gasteiger partial charge >= 0.3 is 0 Å². The fraction of sp³-hybridized carbons (Fsp3) is 0.263. The average molecular weight is 355 g/mol. The molecule has 3 aromatic rings. The van der Waals surface area contributed by atoms with Crippen molar-refractivity contribution in [3.63, 3.8) is 0 Å². The van der Waals surface area contributed by atoms with Crippen molar-refractivity contribution in [2.45, 2.75) is 12.8 Å². The number of aromatic nitrogens is 3. The molecule has 2 aromatic heterocycles. The van der Waals surface area contributed by atoms with Gasteiger partial charge in [-0.1, -0.05) is 23.7 Å². The van der Waals surface area contributed by atoms with Crippen molar-refractivity contribution in [2.75, 3.05) is 13.1 Å². The first kappa shape index (κ1) is 16.0. The van der Waals surface area contributed by atoms with E-state index in [9.17, 15) is 4.79 Å². The van der Waals surface area contributed by atoms with Crippen LogP contribution in [-0.4, -0.2) is 38.2 Å². The summed E-state index contributed by atoms with van der Waals surface area (Å²) in [7, 11) is 1.96. The van der Waals surface area contributed by atoms with Crippen molar-refractivity contribution in [2.24, 2.45) is 7.05 Å². The minimum absolute atomic E-state index is 0.00498. The lowest BCUT2D eigenvalue weighted by Gasteiger charge is -2.16. The first-order chi connectivity index (χ1) is 12.1. The number of rotatable bonds is 3. The molecule has 0 N–H and O–H groups in total. The van der Waals surface area contributed by atoms with E-state index in [1.54, 1.807) is 4.68 Å². The van der Waals surface area contributed by atoms with Crippen LogP contribution >= 0.6 is 11.6 Å². The van der Waals surface area contributed by atoms with Crippen LogP contribution in [0.4, 0.5) is 0 Å². The van der Waals surface area contributed by atoms with Crippen molar-refractivity contribution >= 4 is 17.5 Å². The Labute approximate surface area is 151 Å². The maximum absolute atomic E-state index is 13.0. The molecule has 6 heteroatoms. The van der Waals surface area contributed by atoms with Crippen molar-refractivity contribution in [3.8, 4) is 17.1 Å². The van der Waals surface area contributed by atoms with Crippen LogP contribution in [0.1, 0.15) is 23.3 Å². The van der Waals surface area contributed by atoms with Gasteiger partial charge in [-0.2, -0.15) is 5.10 Å². The molecule has 1 aliphatic heterocycles. The Morgan fingerprint density at radius 1 is 1.12 bits per heavy atom. The van der Waals surface area contributed by atoms with Crippen LogP contribution in [0, 0.1) is 0 Å². The summed E-state index contributed by atoms with van der Waals surface area (Å²) >= 11 is 6.37. The normalized spacial score (nSPS) is 14.2. The Morgan fingerprint density at radius 3 is 2.56 bits per heavy atom. The number of hydrogen-bond donors (Lipinski definition) is 0. The summed E-state index contributed by atoms with van der Waals surface area (Å²) in [6.07, 6.45) is 4.07. The zero-order valence-corrected chi connectivity index (χ0v) is 14.8. The largest absolute Gasteiger partial charge is 0.349 e. The molecule has 0 spiro atoms. The first-order valence-corrected chi connectivity index (χ1v) is 8.79. The summed E-state index contributed by atoms with van der Waals surface area (Å²) in [6, 6.07) is 13.3. The van der Waals surface area contributed by atoms with Gasteiger partial charge in [-0.05, 0) is 43.2 Å². The van der Waals surface area contributed by atoms with Crippen molar-refractivity contribution in [1.82, 2.24) is 19.2 Å². The number of halogens is 1. The van der Waals surface area contributed by atoms with Crippen LogP contribution in [0.5, 0.6) is 0 Å². The maximum Gasteiger partial charge on any atom is 0.272 e. The van der Waals surface area contributed by atoms with Gasteiger partial charge in [-0.25, -0.2) is 4.68 Å². The molecule has 0 atom stereocenters. The van der Waals surface area contributed by atoms with Gasteiger partial charge in [0.15, 0.2) is 0 Å². The molecule has 0 bridgehead atoms. The Hall–Kier alpha value is -2.53. The lowest BCUT2D eigenvalue weighted by Crippen LogP contribution is -2.29. The highest BCUT2D eigenvalue weighted by molar-refractivity contribution is 6.32. The number of para-hydroxylation sites is 1. The van der Waals surface area contributed by atoms with Gasteiger partial charge in [-0.3, -0.25) is 4.79 Å². The minimum Gasteiger partial charge on any atom is -0.349 e. The second-order valence-electron chi connectivity index (χ2n) is 6.28. The Morgan fingerprint density at radius 2 is 1.88 bits per heavy atom. The van der Waals surface area contributed by atoms with E-state index in [0.29, 0.717) is 16.4 Å². The molecule has 0 unspecified atom stereocenters. The highest BCUT2D eigenvalue weighted by Crippen LogP contribution is 2.27. The quantitative estimate of drug-likeness (QED) is 0.718. The maximum atomic E-state index is 13.0. The van der Waals surface area contributed by atoms with E-state index in [4.69, 9.17) is 16.7 Å². The van der Waals surface area contributed by atoms with E-state index < -0.39 is 0 Å². The first-order valence-electron chi connectivity index (χ1n) is 8.41. The Kier molecular flexibility index (Phi) is 4.09. The van der Waals surface area contributed by atoms with E-state index in [0.717, 1.165) is 37.3 Å². The summed E-state index contributed by atoms with van der Waals surface area (Å²) in [5.74, 6) is 0.00498. The third-order valence-electron chi connectivity index (χ3n) is 4.61. The standard InChI is InChI=1S/C19H19ClN4O/c1-22-10-6-9-17(22)15-13-18(19(25)23-11-4-5-12-23)24(21-15)16-8-3-2-7-14(16)20/h2-3,6-10,13H,4-5,11-12H2,1H3. The Bertz CT molecular complexity index is 921. The minimum atomic E-state index is 0.00498. The fourth-order valence-corrected chi connectivity index (χ4v) is 3.49. The van der Waals surface area contributed by atoms with Gasteiger partial charge in [0.2, 0.25) is 0 Å². The van der Waals surface area contributed by atoms with Gasteiger partial charge in [0.05, 0.1) is 16.4 Å². The molecule has 1 aromatic carbocycles. The summed E-state index contributed by atoms with van der Waals surface area (Å²) < 4.78 is 3.66. The number of benzene rings is 1. The molecule has 1 amide bonds. The molecule has 0 aliphatic carbocycles. The summed E-state index contributed by atoms with van der Waals surface area (Å²) in [5, 5.41) is 5.27. The van der Waals surface area contributed by atoms with Crippen LogP contribution in [-0.2, 0) is 7.05 Å². The van der Waals surface area contributed by atoms with Crippen molar-refractivity contribution < 1.29 is 4.79 Å². The molecular formula is C19H19ClN4O. The van der Waals surface area contributed by atoms with E-state index in [-0.39, 0.29) is 5.91 Å². The third kappa shape index (κ3) is 2.85. The molecule has 0 radical (unpaired) electrons. The number of likely N-dealkylation sites (tertiary alicyclic amines) is 1. The van der Waals surface area contributed by atoms with Crippen molar-refractivity contribution in [1.29, 1.82) is 0 Å². The van der Waals surface area contributed by atoms with E-state index in [1.807, 2.05) is 65.2 Å². The summed E-state index contributed by atoms with van der Waals surface area (Å²) in [4.78, 5) is 14.9. The average Bonchev–Trinajstić information content (AvgIpc) is 3.35. The number of nitrogens with zero attached hydrogens (tertiary/aromatic N) is 4. The molecule has 128 valence electrons. The second kappa shape index (κ2) is 6.41. The molecule has 25 heavy (non-hydrogen) atoms. The van der Waals surface area contributed by atoms with Gasteiger partial charge in [0.1, 0.15) is 11.4 Å². The monoisotopic (exact) mass is 354 g/mol. The van der Waals surface area contributed by atoms with Crippen LogP contribution in [0.25, 0.3) is 17.1 Å². The molecule has 1 aliphatic rings. The predicted molar refractivity (Wildman–Crippen MR) is 98.1 cm³/mol. The van der Waals surface area contributed by atoms with Crippen LogP contribution in [0.3, 0.4) is 0 Å². The van der Waals surface area contributed by atoms with Gasteiger partial charge in [0, 0.05) is 26.3 Å². The predicted octanol–water partition coefficient (Wildman–Crippen LogP) is 3.77. The van der Waals surface area contributed by atoms with E-state index in [1.165, 1.54) is 0 Å². The Balaban J connectivity index is 1.86. The molecular weight excluding hydrogens is 336 g/mol. The zero-order valence-electron chi connectivity index (χ0n) is 14.0. The van der Waals surface area contributed by atoms with Crippen LogP contribution < -0.4 is 0 Å². The molecule has 1 saturated heterocycles. The SMILES string of the molecule is Cn1cccc1-c1cc(C(=O)N2CCCC2)n(-c2ccccc2Cl)n1. The lowest BCUT2D eigenvalue weighted by molar-refractivity contribution is 0.0784. The molecule has 0 saturated carbocycles. The number of aryl methyl sites for hydroxylation is 1. The van der Waals surface area contributed by atoms with Gasteiger partial charge < -0.3 is 9.47 Å².